The Hall–Kier alpha value is -1.42. The summed E-state index contributed by atoms with van der Waals surface area (Å²) >= 11 is 0. The van der Waals surface area contributed by atoms with E-state index in [4.69, 9.17) is 9.47 Å². The molecule has 0 spiro atoms. The Morgan fingerprint density at radius 2 is 1.71 bits per heavy atom. The number of hydrogen-bond acceptors (Lipinski definition) is 4. The molecule has 0 radical (unpaired) electrons. The summed E-state index contributed by atoms with van der Waals surface area (Å²) in [7, 11) is 1.44. The number of esters is 1. The van der Waals surface area contributed by atoms with E-state index < -0.39 is 5.41 Å². The number of methoxy groups -OCH3 is 1. The highest BCUT2D eigenvalue weighted by atomic mass is 16.5. The first kappa shape index (κ1) is 28.1. The number of rotatable bonds is 4. The minimum Gasteiger partial charge on any atom is -0.468 e. The van der Waals surface area contributed by atoms with Gasteiger partial charge in [-0.3, -0.25) is 9.59 Å². The van der Waals surface area contributed by atoms with Gasteiger partial charge in [-0.25, -0.2) is 0 Å². The van der Waals surface area contributed by atoms with Crippen molar-refractivity contribution in [2.75, 3.05) is 13.7 Å². The topological polar surface area (TPSA) is 52.6 Å². The quantitative estimate of drug-likeness (QED) is 0.215. The van der Waals surface area contributed by atoms with Crippen LogP contribution in [-0.4, -0.2) is 31.6 Å². The van der Waals surface area contributed by atoms with Gasteiger partial charge in [-0.2, -0.15) is 0 Å². The van der Waals surface area contributed by atoms with Crippen molar-refractivity contribution >= 4 is 11.8 Å². The van der Waals surface area contributed by atoms with Gasteiger partial charge in [0.25, 0.3) is 0 Å². The van der Waals surface area contributed by atoms with Crippen molar-refractivity contribution < 1.29 is 19.1 Å². The Bertz CT molecular complexity index is 1050. The number of carbonyl (C=O) groups excluding carboxylic acids is 2. The fourth-order valence-electron chi connectivity index (χ4n) is 11.0. The Morgan fingerprint density at radius 3 is 2.37 bits per heavy atom. The second-order valence-electron chi connectivity index (χ2n) is 15.7. The average Bonchev–Trinajstić information content (AvgIpc) is 2.86. The smallest absolute Gasteiger partial charge is 0.319 e. The summed E-state index contributed by atoms with van der Waals surface area (Å²) in [5.74, 6) is 0.769. The van der Waals surface area contributed by atoms with Crippen LogP contribution in [0.3, 0.4) is 0 Å². The van der Waals surface area contributed by atoms with Crippen LogP contribution in [0.25, 0.3) is 0 Å². The molecule has 0 heterocycles. The average molecular weight is 525 g/mol. The maximum absolute atomic E-state index is 13.3. The maximum Gasteiger partial charge on any atom is 0.319 e. The first-order chi connectivity index (χ1) is 17.6. The van der Waals surface area contributed by atoms with E-state index >= 15 is 0 Å². The zero-order valence-electron chi connectivity index (χ0n) is 25.4. The minimum absolute atomic E-state index is 0.0412. The van der Waals surface area contributed by atoms with Crippen LogP contribution < -0.4 is 0 Å². The van der Waals surface area contributed by atoms with Gasteiger partial charge in [0.15, 0.2) is 0 Å². The van der Waals surface area contributed by atoms with E-state index in [0.29, 0.717) is 24.9 Å². The van der Waals surface area contributed by atoms with Gasteiger partial charge in [0.2, 0.25) is 0 Å². The van der Waals surface area contributed by atoms with Gasteiger partial charge in [-0.05, 0) is 97.7 Å². The lowest BCUT2D eigenvalue weighted by molar-refractivity contribution is -0.202. The van der Waals surface area contributed by atoms with Crippen molar-refractivity contribution in [1.29, 1.82) is 0 Å². The lowest BCUT2D eigenvalue weighted by Crippen LogP contribution is -2.66. The Balaban J connectivity index is 1.57. The lowest BCUT2D eigenvalue weighted by Gasteiger charge is -2.71. The Kier molecular flexibility index (Phi) is 6.50. The summed E-state index contributed by atoms with van der Waals surface area (Å²) in [6, 6.07) is 0. The van der Waals surface area contributed by atoms with Crippen LogP contribution in [0.2, 0.25) is 0 Å². The molecule has 0 aliphatic heterocycles. The predicted octanol–water partition coefficient (Wildman–Crippen LogP) is 7.71. The zero-order chi connectivity index (χ0) is 27.9. The first-order valence-electron chi connectivity index (χ1n) is 15.2. The van der Waals surface area contributed by atoms with E-state index in [1.807, 2.05) is 13.0 Å². The van der Waals surface area contributed by atoms with E-state index in [1.54, 1.807) is 5.57 Å². The first-order valence-corrected chi connectivity index (χ1v) is 15.2. The summed E-state index contributed by atoms with van der Waals surface area (Å²) < 4.78 is 11.8. The van der Waals surface area contributed by atoms with Crippen LogP contribution in [0, 0.1) is 50.2 Å². The van der Waals surface area contributed by atoms with Crippen molar-refractivity contribution in [3.8, 4) is 0 Å². The van der Waals surface area contributed by atoms with Crippen LogP contribution in [0.15, 0.2) is 24.3 Å². The zero-order valence-corrected chi connectivity index (χ0v) is 25.4. The third-order valence-electron chi connectivity index (χ3n) is 13.5. The maximum atomic E-state index is 13.3. The highest BCUT2D eigenvalue weighted by Crippen LogP contribution is 2.75. The van der Waals surface area contributed by atoms with Gasteiger partial charge in [-0.1, -0.05) is 59.3 Å². The summed E-state index contributed by atoms with van der Waals surface area (Å²) in [6.45, 7) is 21.3. The molecule has 5 aliphatic carbocycles. The monoisotopic (exact) mass is 524 g/mol. The second-order valence-corrected chi connectivity index (χ2v) is 15.7. The molecule has 0 aromatic rings. The van der Waals surface area contributed by atoms with E-state index in [0.717, 1.165) is 32.1 Å². The van der Waals surface area contributed by atoms with Gasteiger partial charge >= 0.3 is 5.97 Å². The number of Topliss-reactive ketones (excluding diaryl/α,β-unsaturated/α-hetero) is 1. The number of fused-ring (bicyclic) bond motifs is 7. The van der Waals surface area contributed by atoms with E-state index in [9.17, 15) is 9.59 Å². The van der Waals surface area contributed by atoms with E-state index in [2.05, 4.69) is 54.2 Å². The van der Waals surface area contributed by atoms with Crippen LogP contribution >= 0.6 is 0 Å². The highest BCUT2D eigenvalue weighted by Gasteiger charge is 2.70. The summed E-state index contributed by atoms with van der Waals surface area (Å²) in [5.41, 5.74) is 1.25. The number of ketones is 1. The molecule has 4 heteroatoms. The van der Waals surface area contributed by atoms with Crippen LogP contribution in [0.4, 0.5) is 0 Å². The van der Waals surface area contributed by atoms with E-state index in [1.165, 1.54) is 26.4 Å². The number of carbonyl (C=O) groups is 2. The molecule has 4 nitrogen and oxygen atoms in total. The van der Waals surface area contributed by atoms with Gasteiger partial charge in [-0.15, -0.1) is 6.58 Å². The molecule has 0 bridgehead atoms. The molecule has 4 saturated carbocycles. The Labute approximate surface area is 231 Å². The summed E-state index contributed by atoms with van der Waals surface area (Å²) in [6.07, 6.45) is 13.9. The molecule has 0 N–H and O–H groups in total. The highest BCUT2D eigenvalue weighted by molar-refractivity contribution is 6.04. The van der Waals surface area contributed by atoms with Crippen molar-refractivity contribution in [3.63, 3.8) is 0 Å². The summed E-state index contributed by atoms with van der Waals surface area (Å²) in [5, 5.41) is 0. The minimum atomic E-state index is -1.03. The van der Waals surface area contributed by atoms with Crippen molar-refractivity contribution in [2.45, 2.75) is 112 Å². The molecule has 38 heavy (non-hydrogen) atoms. The Morgan fingerprint density at radius 1 is 1.00 bits per heavy atom. The normalized spacial score (nSPS) is 49.5. The molecule has 212 valence electrons. The molecule has 0 unspecified atom stereocenters. The van der Waals surface area contributed by atoms with Crippen molar-refractivity contribution in [3.05, 3.63) is 24.3 Å². The van der Waals surface area contributed by atoms with Gasteiger partial charge in [0.05, 0.1) is 19.8 Å². The number of ether oxygens (including phenoxy) is 2. The molecule has 0 amide bonds. The molecule has 5 aliphatic rings. The number of hydrogen-bond donors (Lipinski definition) is 0. The molecule has 0 saturated heterocycles. The molecule has 0 aromatic carbocycles. The summed E-state index contributed by atoms with van der Waals surface area (Å²) in [4.78, 5) is 26.4. The van der Waals surface area contributed by atoms with Gasteiger partial charge in [0, 0.05) is 11.8 Å². The third kappa shape index (κ3) is 3.50. The van der Waals surface area contributed by atoms with Gasteiger partial charge < -0.3 is 9.47 Å². The van der Waals surface area contributed by atoms with Crippen LogP contribution in [-0.2, 0) is 19.1 Å². The molecular weight excluding hydrogens is 472 g/mol. The SMILES string of the molecule is C=CCO[C@@H]1CC(C)(C)C[C@H]2C3=CC[C@@H]4[C@@]5(C)CCC(=O)[C@](C)(C(=O)OC)[C@@H]5CC[C@@]4(C)[C@]3(C)CC[C@@]12C. The van der Waals surface area contributed by atoms with E-state index in [-0.39, 0.29) is 50.8 Å². The second kappa shape index (κ2) is 8.79. The predicted molar refractivity (Wildman–Crippen MR) is 151 cm³/mol. The fraction of sp³-hybridized carbons (Fsp3) is 0.824. The molecule has 4 fully saturated rings. The molecule has 0 aromatic heterocycles. The molecule has 5 rings (SSSR count). The van der Waals surface area contributed by atoms with Crippen molar-refractivity contribution in [2.24, 2.45) is 50.2 Å². The fourth-order valence-corrected chi connectivity index (χ4v) is 11.0. The van der Waals surface area contributed by atoms with Crippen LogP contribution in [0.1, 0.15) is 106 Å². The van der Waals surface area contributed by atoms with Gasteiger partial charge in [0.1, 0.15) is 11.2 Å². The largest absolute Gasteiger partial charge is 0.468 e. The number of allylic oxidation sites excluding steroid dienone is 2. The lowest BCUT2D eigenvalue weighted by atomic mass is 9.33. The third-order valence-corrected chi connectivity index (χ3v) is 13.5. The molecular formula is C34H52O4. The molecule has 9 atom stereocenters. The van der Waals surface area contributed by atoms with Crippen LogP contribution in [0.5, 0.6) is 0 Å². The van der Waals surface area contributed by atoms with Crippen molar-refractivity contribution in [1.82, 2.24) is 0 Å². The standard InChI is InChI=1S/C34H52O4/c1-10-19-38-27-21-29(2,3)20-23-22-11-12-24-31(5)15-14-26(35)34(8,28(36)37-9)25(31)13-16-33(24,7)32(22,6)18-17-30(23,27)4/h10-11,23-25,27H,1,12-21H2,2-9H3/t23-,24+,25+,27+,30+,31+,32+,33+,34+/m0/s1.